The van der Waals surface area contributed by atoms with Crippen molar-refractivity contribution in [3.05, 3.63) is 11.3 Å². The lowest BCUT2D eigenvalue weighted by Crippen LogP contribution is -2.34. The van der Waals surface area contributed by atoms with Gasteiger partial charge in [-0.1, -0.05) is 0 Å². The number of hydrogen-bond acceptors (Lipinski definition) is 5. The molecule has 0 fully saturated rings. The third-order valence-electron chi connectivity index (χ3n) is 2.13. The second-order valence-corrected chi connectivity index (χ2v) is 3.34. The third kappa shape index (κ3) is 2.29. The molecule has 1 amide bonds. The summed E-state index contributed by atoms with van der Waals surface area (Å²) in [6.45, 7) is 1.65. The van der Waals surface area contributed by atoms with Crippen LogP contribution in [0, 0.1) is 18.3 Å². The van der Waals surface area contributed by atoms with Crippen molar-refractivity contribution in [1.29, 1.82) is 5.26 Å². The minimum absolute atomic E-state index is 0.0526. The van der Waals surface area contributed by atoms with Crippen LogP contribution in [0.2, 0.25) is 0 Å². The molecule has 0 aliphatic carbocycles. The van der Waals surface area contributed by atoms with Gasteiger partial charge in [0.25, 0.3) is 0 Å². The Bertz CT molecular complexity index is 445. The van der Waals surface area contributed by atoms with Crippen LogP contribution in [-0.4, -0.2) is 33.4 Å². The fraction of sp³-hybridized carbons (Fsp3) is 0.444. The molecule has 16 heavy (non-hydrogen) atoms. The van der Waals surface area contributed by atoms with Crippen molar-refractivity contribution < 1.29 is 9.90 Å². The lowest BCUT2D eigenvalue weighted by atomic mass is 10.2. The van der Waals surface area contributed by atoms with Gasteiger partial charge in [0.15, 0.2) is 0 Å². The van der Waals surface area contributed by atoms with E-state index in [4.69, 9.17) is 11.0 Å². The molecule has 0 radical (unpaired) electrons. The van der Waals surface area contributed by atoms with E-state index in [2.05, 4.69) is 10.4 Å². The molecular weight excluding hydrogens is 210 g/mol. The van der Waals surface area contributed by atoms with Gasteiger partial charge in [-0.2, -0.15) is 10.4 Å². The number of nitrogens with zero attached hydrogens (tertiary/aromatic N) is 3. The number of anilines is 1. The van der Waals surface area contributed by atoms with E-state index < -0.39 is 12.0 Å². The summed E-state index contributed by atoms with van der Waals surface area (Å²) in [6, 6.07) is 1.99. The number of carbonyl (C=O) groups is 1. The molecule has 1 heterocycles. The number of nitrogens with one attached hydrogen (secondary N) is 1. The van der Waals surface area contributed by atoms with E-state index in [1.54, 1.807) is 14.0 Å². The van der Waals surface area contributed by atoms with Gasteiger partial charge in [0.1, 0.15) is 23.6 Å². The molecule has 1 aromatic heterocycles. The number of aromatic nitrogens is 2. The average Bonchev–Trinajstić information content (AvgIpc) is 2.48. The highest BCUT2D eigenvalue weighted by molar-refractivity contribution is 5.79. The van der Waals surface area contributed by atoms with Gasteiger partial charge in [-0.05, 0) is 6.92 Å². The van der Waals surface area contributed by atoms with Crippen LogP contribution < -0.4 is 11.1 Å². The summed E-state index contributed by atoms with van der Waals surface area (Å²) in [5, 5.41) is 24.9. The summed E-state index contributed by atoms with van der Waals surface area (Å²) in [5.41, 5.74) is 5.87. The Balaban J connectivity index is 2.82. The number of nitriles is 1. The number of carbonyl (C=O) groups excluding carboxylic acids is 1. The average molecular weight is 223 g/mol. The zero-order chi connectivity index (χ0) is 12.3. The summed E-state index contributed by atoms with van der Waals surface area (Å²) in [7, 11) is 1.66. The first-order valence-corrected chi connectivity index (χ1v) is 4.62. The van der Waals surface area contributed by atoms with Crippen molar-refractivity contribution in [1.82, 2.24) is 9.78 Å². The number of aliphatic hydroxyl groups is 1. The first kappa shape index (κ1) is 12.0. The highest BCUT2D eigenvalue weighted by Gasteiger charge is 2.15. The molecule has 1 unspecified atom stereocenters. The van der Waals surface area contributed by atoms with E-state index in [1.165, 1.54) is 4.68 Å². The van der Waals surface area contributed by atoms with E-state index in [0.717, 1.165) is 0 Å². The van der Waals surface area contributed by atoms with Crippen molar-refractivity contribution in [2.75, 3.05) is 11.9 Å². The Morgan fingerprint density at radius 3 is 2.94 bits per heavy atom. The van der Waals surface area contributed by atoms with Crippen LogP contribution in [0.5, 0.6) is 0 Å². The lowest BCUT2D eigenvalue weighted by molar-refractivity contribution is -0.125. The largest absolute Gasteiger partial charge is 0.381 e. The predicted molar refractivity (Wildman–Crippen MR) is 56.4 cm³/mol. The van der Waals surface area contributed by atoms with E-state index >= 15 is 0 Å². The molecule has 4 N–H and O–H groups in total. The molecule has 1 rings (SSSR count). The van der Waals surface area contributed by atoms with E-state index in [0.29, 0.717) is 17.1 Å². The summed E-state index contributed by atoms with van der Waals surface area (Å²) >= 11 is 0. The molecule has 0 aliphatic heterocycles. The normalized spacial score (nSPS) is 11.9. The summed E-state index contributed by atoms with van der Waals surface area (Å²) < 4.78 is 1.47. The number of aliphatic hydroxyl groups excluding tert-OH is 1. The Labute approximate surface area is 92.5 Å². The molecule has 0 aliphatic rings. The Morgan fingerprint density at radius 1 is 1.81 bits per heavy atom. The second kappa shape index (κ2) is 4.63. The fourth-order valence-corrected chi connectivity index (χ4v) is 1.29. The Kier molecular flexibility index (Phi) is 3.48. The molecule has 0 saturated heterocycles. The number of rotatable bonds is 4. The van der Waals surface area contributed by atoms with E-state index in [1.807, 2.05) is 6.07 Å². The maximum Gasteiger partial charge on any atom is 0.248 e. The molecule has 86 valence electrons. The van der Waals surface area contributed by atoms with Gasteiger partial charge in [0.2, 0.25) is 5.91 Å². The minimum atomic E-state index is -1.29. The Morgan fingerprint density at radius 2 is 2.44 bits per heavy atom. The zero-order valence-corrected chi connectivity index (χ0v) is 9.06. The van der Waals surface area contributed by atoms with Crippen molar-refractivity contribution in [3.63, 3.8) is 0 Å². The maximum absolute atomic E-state index is 10.6. The number of aryl methyl sites for hydroxylation is 2. The van der Waals surface area contributed by atoms with Gasteiger partial charge in [0.05, 0.1) is 12.2 Å². The first-order chi connectivity index (χ1) is 7.47. The van der Waals surface area contributed by atoms with Gasteiger partial charge in [-0.15, -0.1) is 0 Å². The molecule has 1 aromatic rings. The Hall–Kier alpha value is -2.07. The van der Waals surface area contributed by atoms with Crippen molar-refractivity contribution in [3.8, 4) is 6.07 Å². The molecule has 0 bridgehead atoms. The van der Waals surface area contributed by atoms with E-state index in [9.17, 15) is 9.90 Å². The maximum atomic E-state index is 10.6. The van der Waals surface area contributed by atoms with Crippen LogP contribution in [-0.2, 0) is 11.8 Å². The predicted octanol–water partition coefficient (Wildman–Crippen LogP) is -1.14. The van der Waals surface area contributed by atoms with Crippen molar-refractivity contribution in [2.24, 2.45) is 12.8 Å². The molecule has 7 nitrogen and oxygen atoms in total. The molecule has 7 heteroatoms. The van der Waals surface area contributed by atoms with Crippen LogP contribution in [0.3, 0.4) is 0 Å². The SMILES string of the molecule is Cc1nn(C)c(NCC(O)C(N)=O)c1C#N. The monoisotopic (exact) mass is 223 g/mol. The van der Waals surface area contributed by atoms with Gasteiger partial charge in [-0.25, -0.2) is 0 Å². The zero-order valence-electron chi connectivity index (χ0n) is 9.06. The molecule has 0 saturated carbocycles. The number of nitrogens with two attached hydrogens (primary N) is 1. The van der Waals surface area contributed by atoms with Gasteiger partial charge < -0.3 is 16.2 Å². The quantitative estimate of drug-likeness (QED) is 0.596. The van der Waals surface area contributed by atoms with Crippen molar-refractivity contribution in [2.45, 2.75) is 13.0 Å². The second-order valence-electron chi connectivity index (χ2n) is 3.34. The molecule has 0 spiro atoms. The van der Waals surface area contributed by atoms with Gasteiger partial charge >= 0.3 is 0 Å². The number of primary amides is 1. The number of amides is 1. The fourth-order valence-electron chi connectivity index (χ4n) is 1.29. The summed E-state index contributed by atoms with van der Waals surface area (Å²) in [5.74, 6) is -0.356. The van der Waals surface area contributed by atoms with Gasteiger partial charge in [0, 0.05) is 7.05 Å². The lowest BCUT2D eigenvalue weighted by Gasteiger charge is -2.09. The number of hydrogen-bond donors (Lipinski definition) is 3. The molecular formula is C9H13N5O2. The van der Waals surface area contributed by atoms with Crippen LogP contribution >= 0.6 is 0 Å². The standard InChI is InChI=1S/C9H13N5O2/c1-5-6(3-10)9(14(2)13-5)12-4-7(15)8(11)16/h7,12,15H,4H2,1-2H3,(H2,11,16). The first-order valence-electron chi connectivity index (χ1n) is 4.62. The highest BCUT2D eigenvalue weighted by atomic mass is 16.3. The molecule has 0 aromatic carbocycles. The van der Waals surface area contributed by atoms with Crippen LogP contribution in [0.4, 0.5) is 5.82 Å². The third-order valence-corrected chi connectivity index (χ3v) is 2.13. The molecule has 1 atom stereocenters. The highest BCUT2D eigenvalue weighted by Crippen LogP contribution is 2.16. The topological polar surface area (TPSA) is 117 Å². The smallest absolute Gasteiger partial charge is 0.248 e. The van der Waals surface area contributed by atoms with Crippen LogP contribution in [0.15, 0.2) is 0 Å². The van der Waals surface area contributed by atoms with Crippen LogP contribution in [0.1, 0.15) is 11.3 Å². The van der Waals surface area contributed by atoms with Crippen LogP contribution in [0.25, 0.3) is 0 Å². The summed E-state index contributed by atoms with van der Waals surface area (Å²) in [6.07, 6.45) is -1.29. The van der Waals surface area contributed by atoms with Crippen molar-refractivity contribution >= 4 is 11.7 Å². The van der Waals surface area contributed by atoms with Gasteiger partial charge in [-0.3, -0.25) is 9.48 Å². The van der Waals surface area contributed by atoms with E-state index in [-0.39, 0.29) is 6.54 Å². The summed E-state index contributed by atoms with van der Waals surface area (Å²) in [4.78, 5) is 10.6. The minimum Gasteiger partial charge on any atom is -0.381 e.